The van der Waals surface area contributed by atoms with E-state index in [9.17, 15) is 24.1 Å². The van der Waals surface area contributed by atoms with Crippen molar-refractivity contribution in [3.8, 4) is 11.5 Å². The van der Waals surface area contributed by atoms with E-state index in [4.69, 9.17) is 14.2 Å². The molecule has 0 heterocycles. The smallest absolute Gasteiger partial charge is 0.346 e. The molecule has 0 bridgehead atoms. The number of anilines is 1. The van der Waals surface area contributed by atoms with E-state index in [1.807, 2.05) is 0 Å². The Morgan fingerprint density at radius 1 is 1.24 bits per heavy atom. The summed E-state index contributed by atoms with van der Waals surface area (Å²) in [5.74, 6) is -2.19. The molecule has 1 atom stereocenters. The highest BCUT2D eigenvalue weighted by molar-refractivity contribution is 5.99. The number of nitro groups is 1. The fraction of sp³-hybridized carbons (Fsp3) is 0.263. The average Bonchev–Trinajstić information content (AvgIpc) is 2.67. The molecule has 0 fully saturated rings. The Morgan fingerprint density at radius 3 is 2.55 bits per heavy atom. The molecule has 0 aliphatic heterocycles. The Morgan fingerprint density at radius 2 is 1.97 bits per heavy atom. The molecule has 0 saturated heterocycles. The number of benzene rings is 2. The van der Waals surface area contributed by atoms with Crippen molar-refractivity contribution < 1.29 is 33.1 Å². The molecule has 154 valence electrons. The summed E-state index contributed by atoms with van der Waals surface area (Å²) in [6.45, 7) is 3.21. The first-order chi connectivity index (χ1) is 13.8. The largest absolute Gasteiger partial charge is 0.493 e. The zero-order valence-corrected chi connectivity index (χ0v) is 15.9. The number of nitrogens with one attached hydrogen (secondary N) is 1. The zero-order chi connectivity index (χ0) is 21.6. The number of hydrogen-bond donors (Lipinski definition) is 1. The fourth-order valence-electron chi connectivity index (χ4n) is 2.38. The van der Waals surface area contributed by atoms with Gasteiger partial charge in [0.05, 0.1) is 24.7 Å². The predicted molar refractivity (Wildman–Crippen MR) is 101 cm³/mol. The van der Waals surface area contributed by atoms with Crippen LogP contribution in [0.5, 0.6) is 11.5 Å². The Labute approximate surface area is 165 Å². The summed E-state index contributed by atoms with van der Waals surface area (Å²) in [5, 5.41) is 13.7. The van der Waals surface area contributed by atoms with Gasteiger partial charge in [0.2, 0.25) is 0 Å². The molecule has 2 rings (SSSR count). The second-order valence-electron chi connectivity index (χ2n) is 5.76. The lowest BCUT2D eigenvalue weighted by atomic mass is 10.1. The Bertz CT molecular complexity index is 933. The van der Waals surface area contributed by atoms with E-state index in [-0.39, 0.29) is 23.8 Å². The molecule has 2 aromatic rings. The van der Waals surface area contributed by atoms with Gasteiger partial charge in [0.25, 0.3) is 11.6 Å². The van der Waals surface area contributed by atoms with Crippen LogP contribution in [-0.4, -0.2) is 36.6 Å². The lowest BCUT2D eigenvalue weighted by molar-refractivity contribution is -0.385. The second-order valence-corrected chi connectivity index (χ2v) is 5.76. The highest BCUT2D eigenvalue weighted by Gasteiger charge is 2.28. The number of ether oxygens (including phenoxy) is 3. The van der Waals surface area contributed by atoms with E-state index in [0.717, 1.165) is 18.2 Å². The number of halogens is 1. The van der Waals surface area contributed by atoms with Crippen LogP contribution >= 0.6 is 0 Å². The van der Waals surface area contributed by atoms with E-state index in [1.54, 1.807) is 6.92 Å². The molecule has 1 amide bonds. The monoisotopic (exact) mass is 406 g/mol. The van der Waals surface area contributed by atoms with Gasteiger partial charge in [-0.2, -0.15) is 0 Å². The van der Waals surface area contributed by atoms with Crippen molar-refractivity contribution >= 4 is 23.3 Å². The fourth-order valence-corrected chi connectivity index (χ4v) is 2.38. The van der Waals surface area contributed by atoms with Gasteiger partial charge in [-0.05, 0) is 32.0 Å². The van der Waals surface area contributed by atoms with Crippen molar-refractivity contribution in [3.05, 3.63) is 57.9 Å². The standard InChI is InChI=1S/C19H19FN2O7/c1-4-28-17-9-14(15(22(25)26)10-16(17)27-3)19(24)29-11(2)18(23)21-13-7-5-6-12(20)8-13/h5-11H,4H2,1-3H3,(H,21,23). The van der Waals surface area contributed by atoms with Crippen LogP contribution in [0, 0.1) is 15.9 Å². The highest BCUT2D eigenvalue weighted by Crippen LogP contribution is 2.35. The molecule has 2 aromatic carbocycles. The van der Waals surface area contributed by atoms with Gasteiger partial charge in [0.15, 0.2) is 17.6 Å². The molecule has 0 saturated carbocycles. The topological polar surface area (TPSA) is 117 Å². The minimum Gasteiger partial charge on any atom is -0.493 e. The number of methoxy groups -OCH3 is 1. The number of nitrogens with zero attached hydrogens (tertiary/aromatic N) is 1. The minimum absolute atomic E-state index is 0.0759. The minimum atomic E-state index is -1.30. The second kappa shape index (κ2) is 9.49. The Hall–Kier alpha value is -3.69. The van der Waals surface area contributed by atoms with Gasteiger partial charge in [0.1, 0.15) is 11.4 Å². The number of carbonyl (C=O) groups excluding carboxylic acids is 2. The van der Waals surface area contributed by atoms with Gasteiger partial charge < -0.3 is 19.5 Å². The van der Waals surface area contributed by atoms with Gasteiger partial charge in [-0.15, -0.1) is 0 Å². The quantitative estimate of drug-likeness (QED) is 0.406. The predicted octanol–water partition coefficient (Wildman–Crippen LogP) is 3.33. The molecule has 0 radical (unpaired) electrons. The van der Waals surface area contributed by atoms with Crippen LogP contribution in [0.2, 0.25) is 0 Å². The van der Waals surface area contributed by atoms with Gasteiger partial charge in [-0.1, -0.05) is 6.07 Å². The first kappa shape index (κ1) is 21.6. The summed E-state index contributed by atoms with van der Waals surface area (Å²) in [6, 6.07) is 7.32. The van der Waals surface area contributed by atoms with Crippen LogP contribution in [-0.2, 0) is 9.53 Å². The molecular weight excluding hydrogens is 387 g/mol. The molecule has 9 nitrogen and oxygen atoms in total. The molecule has 0 aliphatic rings. The van der Waals surface area contributed by atoms with Crippen LogP contribution in [0.1, 0.15) is 24.2 Å². The summed E-state index contributed by atoms with van der Waals surface area (Å²) in [4.78, 5) is 35.2. The Balaban J connectivity index is 2.22. The maximum atomic E-state index is 13.2. The molecule has 0 aromatic heterocycles. The maximum absolute atomic E-state index is 13.2. The van der Waals surface area contributed by atoms with Crippen molar-refractivity contribution in [2.45, 2.75) is 20.0 Å². The van der Waals surface area contributed by atoms with Crippen molar-refractivity contribution in [1.82, 2.24) is 0 Å². The summed E-state index contributed by atoms with van der Waals surface area (Å²) in [5.41, 5.74) is -0.787. The van der Waals surface area contributed by atoms with E-state index >= 15 is 0 Å². The van der Waals surface area contributed by atoms with Crippen LogP contribution in [0.15, 0.2) is 36.4 Å². The SMILES string of the molecule is CCOc1cc(C(=O)OC(C)C(=O)Nc2cccc(F)c2)c([N+](=O)[O-])cc1OC. The number of nitro benzene ring substituents is 1. The molecular formula is C19H19FN2O7. The first-order valence-corrected chi connectivity index (χ1v) is 8.53. The average molecular weight is 406 g/mol. The third kappa shape index (κ3) is 5.41. The van der Waals surface area contributed by atoms with Crippen molar-refractivity contribution in [2.75, 3.05) is 19.0 Å². The summed E-state index contributed by atoms with van der Waals surface area (Å²) in [7, 11) is 1.30. The molecule has 29 heavy (non-hydrogen) atoms. The van der Waals surface area contributed by atoms with E-state index in [1.165, 1.54) is 32.2 Å². The van der Waals surface area contributed by atoms with Crippen molar-refractivity contribution in [1.29, 1.82) is 0 Å². The van der Waals surface area contributed by atoms with Gasteiger partial charge in [-0.25, -0.2) is 9.18 Å². The van der Waals surface area contributed by atoms with E-state index in [0.29, 0.717) is 0 Å². The van der Waals surface area contributed by atoms with Crippen LogP contribution in [0.25, 0.3) is 0 Å². The van der Waals surface area contributed by atoms with Crippen LogP contribution < -0.4 is 14.8 Å². The summed E-state index contributed by atoms with van der Waals surface area (Å²) in [6.07, 6.45) is -1.30. The molecule has 0 spiro atoms. The van der Waals surface area contributed by atoms with Gasteiger partial charge >= 0.3 is 5.97 Å². The molecule has 0 aliphatic carbocycles. The summed E-state index contributed by atoms with van der Waals surface area (Å²) >= 11 is 0. The third-order valence-corrected chi connectivity index (χ3v) is 3.74. The lowest BCUT2D eigenvalue weighted by Crippen LogP contribution is -2.30. The Kier molecular flexibility index (Phi) is 7.07. The number of amides is 1. The number of hydrogen-bond acceptors (Lipinski definition) is 7. The molecule has 10 heteroatoms. The zero-order valence-electron chi connectivity index (χ0n) is 15.9. The van der Waals surface area contributed by atoms with Crippen LogP contribution in [0.3, 0.4) is 0 Å². The number of esters is 1. The van der Waals surface area contributed by atoms with Gasteiger partial charge in [-0.3, -0.25) is 14.9 Å². The van der Waals surface area contributed by atoms with Crippen molar-refractivity contribution in [3.63, 3.8) is 0 Å². The first-order valence-electron chi connectivity index (χ1n) is 8.53. The molecule has 1 unspecified atom stereocenters. The highest BCUT2D eigenvalue weighted by atomic mass is 19.1. The lowest BCUT2D eigenvalue weighted by Gasteiger charge is -2.15. The van der Waals surface area contributed by atoms with Crippen molar-refractivity contribution in [2.24, 2.45) is 0 Å². The van der Waals surface area contributed by atoms with E-state index in [2.05, 4.69) is 5.32 Å². The van der Waals surface area contributed by atoms with Crippen LogP contribution in [0.4, 0.5) is 15.8 Å². The summed E-state index contributed by atoms with van der Waals surface area (Å²) < 4.78 is 28.6. The number of rotatable bonds is 8. The van der Waals surface area contributed by atoms with E-state index < -0.39 is 40.0 Å². The van der Waals surface area contributed by atoms with Gasteiger partial charge in [0, 0.05) is 11.8 Å². The third-order valence-electron chi connectivity index (χ3n) is 3.74. The maximum Gasteiger partial charge on any atom is 0.346 e. The normalized spacial score (nSPS) is 11.3. The number of carbonyl (C=O) groups is 2. The molecule has 1 N–H and O–H groups in total.